The van der Waals surface area contributed by atoms with Gasteiger partial charge in [0.25, 0.3) is 0 Å². The van der Waals surface area contributed by atoms with Crippen molar-refractivity contribution < 1.29 is 9.66 Å². The Kier molecular flexibility index (Phi) is 7.72. The van der Waals surface area contributed by atoms with Crippen LogP contribution in [-0.2, 0) is 18.8 Å². The molecular weight excluding hydrogens is 451 g/mol. The van der Waals surface area contributed by atoms with E-state index in [2.05, 4.69) is 21.9 Å². The van der Waals surface area contributed by atoms with Crippen LogP contribution >= 0.6 is 35.0 Å². The number of benzene rings is 1. The summed E-state index contributed by atoms with van der Waals surface area (Å²) < 4.78 is 9.14. The molecule has 2 heterocycles. The molecule has 0 bridgehead atoms. The number of halogens is 2. The zero-order chi connectivity index (χ0) is 21.5. The molecule has 0 unspecified atom stereocenters. The summed E-state index contributed by atoms with van der Waals surface area (Å²) in [6.07, 6.45) is 5.72. The fourth-order valence-corrected chi connectivity index (χ4v) is 3.86. The summed E-state index contributed by atoms with van der Waals surface area (Å²) in [6, 6.07) is 5.09. The van der Waals surface area contributed by atoms with Gasteiger partial charge < -0.3 is 9.30 Å². The van der Waals surface area contributed by atoms with Crippen molar-refractivity contribution in [3.05, 3.63) is 69.2 Å². The Labute approximate surface area is 186 Å². The molecule has 0 aliphatic rings. The minimum atomic E-state index is -0.480. The van der Waals surface area contributed by atoms with E-state index in [1.807, 2.05) is 4.57 Å². The Morgan fingerprint density at radius 3 is 2.87 bits per heavy atom. The first-order valence-corrected chi connectivity index (χ1v) is 10.6. The maximum absolute atomic E-state index is 10.8. The van der Waals surface area contributed by atoms with Gasteiger partial charge in [-0.2, -0.15) is 5.10 Å². The molecule has 3 rings (SSSR count). The largest absolute Gasteiger partial charge is 0.492 e. The third-order valence-electron chi connectivity index (χ3n) is 3.96. The van der Waals surface area contributed by atoms with Crippen molar-refractivity contribution in [2.45, 2.75) is 30.4 Å². The molecule has 0 saturated carbocycles. The lowest BCUT2D eigenvalue weighted by molar-refractivity contribution is -0.385. The van der Waals surface area contributed by atoms with Gasteiger partial charge in [0.2, 0.25) is 0 Å². The van der Waals surface area contributed by atoms with E-state index in [4.69, 9.17) is 27.9 Å². The molecule has 0 aliphatic heterocycles. The summed E-state index contributed by atoms with van der Waals surface area (Å²) in [7, 11) is 0. The van der Waals surface area contributed by atoms with Gasteiger partial charge in [-0.15, -0.1) is 16.8 Å². The van der Waals surface area contributed by atoms with E-state index in [1.165, 1.54) is 28.8 Å². The lowest BCUT2D eigenvalue weighted by Gasteiger charge is -2.09. The van der Waals surface area contributed by atoms with Crippen LogP contribution in [0.5, 0.6) is 5.75 Å². The van der Waals surface area contributed by atoms with Crippen LogP contribution in [-0.4, -0.2) is 36.1 Å². The van der Waals surface area contributed by atoms with Crippen molar-refractivity contribution in [1.82, 2.24) is 24.5 Å². The average molecular weight is 469 g/mol. The Morgan fingerprint density at radius 1 is 1.33 bits per heavy atom. The average Bonchev–Trinajstić information content (AvgIpc) is 3.33. The molecule has 0 fully saturated rings. The summed E-state index contributed by atoms with van der Waals surface area (Å²) in [6.45, 7) is 4.79. The van der Waals surface area contributed by atoms with Crippen LogP contribution in [0.4, 0.5) is 5.69 Å². The molecule has 12 heteroatoms. The lowest BCUT2D eigenvalue weighted by Crippen LogP contribution is -2.07. The molecular formula is C18H18Cl2N6O3S. The Bertz CT molecular complexity index is 1040. The second-order valence-electron chi connectivity index (χ2n) is 6.09. The molecule has 2 aromatic heterocycles. The van der Waals surface area contributed by atoms with Gasteiger partial charge in [-0.1, -0.05) is 41.0 Å². The predicted molar refractivity (Wildman–Crippen MR) is 115 cm³/mol. The first-order chi connectivity index (χ1) is 14.5. The van der Waals surface area contributed by atoms with Crippen molar-refractivity contribution in [3.63, 3.8) is 0 Å². The number of nitrogens with zero attached hydrogens (tertiary/aromatic N) is 6. The van der Waals surface area contributed by atoms with Crippen LogP contribution in [0.3, 0.4) is 0 Å². The van der Waals surface area contributed by atoms with Gasteiger partial charge in [0, 0.05) is 18.0 Å². The van der Waals surface area contributed by atoms with E-state index in [0.717, 1.165) is 5.82 Å². The number of aryl methyl sites for hydroxylation is 1. The standard InChI is InChI=1S/C18H18Cl2N6O3S/c1-2-7-25-17(4-3-8-29-16-6-5-13(19)9-15(16)20)22-23-18(25)30-12-24-11-14(10-21-24)26(27)28/h2,5-6,9-11H,1,3-4,7-8,12H2. The molecule has 0 atom stereocenters. The highest BCUT2D eigenvalue weighted by Gasteiger charge is 2.14. The quantitative estimate of drug-likeness (QED) is 0.133. The van der Waals surface area contributed by atoms with Gasteiger partial charge in [-0.05, 0) is 24.6 Å². The first-order valence-electron chi connectivity index (χ1n) is 8.88. The number of rotatable bonds is 11. The van der Waals surface area contributed by atoms with Gasteiger partial charge in [0.1, 0.15) is 24.0 Å². The third-order valence-corrected chi connectivity index (χ3v) is 5.44. The van der Waals surface area contributed by atoms with Crippen LogP contribution in [0.1, 0.15) is 12.2 Å². The van der Waals surface area contributed by atoms with Gasteiger partial charge >= 0.3 is 5.69 Å². The number of nitro groups is 1. The van der Waals surface area contributed by atoms with Crippen LogP contribution in [0.25, 0.3) is 0 Å². The monoisotopic (exact) mass is 468 g/mol. The zero-order valence-corrected chi connectivity index (χ0v) is 18.1. The molecule has 0 aliphatic carbocycles. The van der Waals surface area contributed by atoms with E-state index in [1.54, 1.807) is 24.3 Å². The van der Waals surface area contributed by atoms with E-state index in [-0.39, 0.29) is 5.69 Å². The fraction of sp³-hybridized carbons (Fsp3) is 0.278. The van der Waals surface area contributed by atoms with Gasteiger partial charge in [-0.3, -0.25) is 14.8 Å². The lowest BCUT2D eigenvalue weighted by atomic mass is 10.3. The van der Waals surface area contributed by atoms with E-state index >= 15 is 0 Å². The second-order valence-corrected chi connectivity index (χ2v) is 7.85. The van der Waals surface area contributed by atoms with Crippen molar-refractivity contribution >= 4 is 40.7 Å². The number of hydrogen-bond acceptors (Lipinski definition) is 7. The molecule has 1 aromatic carbocycles. The van der Waals surface area contributed by atoms with Crippen molar-refractivity contribution in [3.8, 4) is 5.75 Å². The van der Waals surface area contributed by atoms with Crippen LogP contribution < -0.4 is 4.74 Å². The molecule has 0 N–H and O–H groups in total. The number of hydrogen-bond donors (Lipinski definition) is 0. The zero-order valence-electron chi connectivity index (χ0n) is 15.8. The predicted octanol–water partition coefficient (Wildman–Crippen LogP) is 4.64. The smallest absolute Gasteiger partial charge is 0.307 e. The minimum Gasteiger partial charge on any atom is -0.492 e. The fourth-order valence-electron chi connectivity index (χ4n) is 2.57. The van der Waals surface area contributed by atoms with E-state index < -0.39 is 4.92 Å². The van der Waals surface area contributed by atoms with Gasteiger partial charge in [0.05, 0.1) is 22.4 Å². The number of ether oxygens (including phenoxy) is 1. The highest BCUT2D eigenvalue weighted by molar-refractivity contribution is 7.98. The SMILES string of the molecule is C=CCn1c(CCCOc2ccc(Cl)cc2Cl)nnc1SCn1cc([N+](=O)[O-])cn1. The van der Waals surface area contributed by atoms with Crippen molar-refractivity contribution in [2.75, 3.05) is 6.61 Å². The number of thioether (sulfide) groups is 1. The van der Waals surface area contributed by atoms with Crippen LogP contribution in [0.2, 0.25) is 10.0 Å². The van der Waals surface area contributed by atoms with Crippen molar-refractivity contribution in [1.29, 1.82) is 0 Å². The Balaban J connectivity index is 1.56. The molecule has 0 saturated heterocycles. The molecule has 0 radical (unpaired) electrons. The molecule has 30 heavy (non-hydrogen) atoms. The topological polar surface area (TPSA) is 101 Å². The maximum atomic E-state index is 10.8. The summed E-state index contributed by atoms with van der Waals surface area (Å²) >= 11 is 13.4. The summed E-state index contributed by atoms with van der Waals surface area (Å²) in [5, 5.41) is 24.9. The summed E-state index contributed by atoms with van der Waals surface area (Å²) in [5.74, 6) is 1.76. The highest BCUT2D eigenvalue weighted by Crippen LogP contribution is 2.27. The third kappa shape index (κ3) is 5.74. The van der Waals surface area contributed by atoms with Crippen molar-refractivity contribution in [2.24, 2.45) is 0 Å². The molecule has 3 aromatic rings. The maximum Gasteiger partial charge on any atom is 0.307 e. The second kappa shape index (κ2) is 10.5. The van der Waals surface area contributed by atoms with Crippen LogP contribution in [0, 0.1) is 10.1 Å². The highest BCUT2D eigenvalue weighted by atomic mass is 35.5. The Morgan fingerprint density at radius 2 is 2.17 bits per heavy atom. The van der Waals surface area contributed by atoms with Crippen LogP contribution in [0.15, 0.2) is 48.4 Å². The summed E-state index contributed by atoms with van der Waals surface area (Å²) in [4.78, 5) is 10.3. The molecule has 0 amide bonds. The molecule has 158 valence electrons. The van der Waals surface area contributed by atoms with Gasteiger partial charge in [-0.25, -0.2) is 0 Å². The normalized spacial score (nSPS) is 10.9. The van der Waals surface area contributed by atoms with E-state index in [0.29, 0.717) is 52.8 Å². The Hall–Kier alpha value is -2.56. The number of allylic oxidation sites excluding steroid dienone is 1. The summed E-state index contributed by atoms with van der Waals surface area (Å²) in [5.41, 5.74) is -0.0513. The molecule has 0 spiro atoms. The van der Waals surface area contributed by atoms with E-state index in [9.17, 15) is 10.1 Å². The minimum absolute atomic E-state index is 0.0513. The van der Waals surface area contributed by atoms with Gasteiger partial charge in [0.15, 0.2) is 5.16 Å². The number of aromatic nitrogens is 5. The molecule has 9 nitrogen and oxygen atoms in total. The first kappa shape index (κ1) is 22.1.